The van der Waals surface area contributed by atoms with Gasteiger partial charge in [-0.3, -0.25) is 61.0 Å². The van der Waals surface area contributed by atoms with Gasteiger partial charge in [-0.25, -0.2) is 65.6 Å². The molecule has 17 atom stereocenters. The normalized spacial score (nSPS) is 21.9. The minimum absolute atomic E-state index is 0. The van der Waals surface area contributed by atoms with Crippen molar-refractivity contribution >= 4 is 221 Å². The number of nitrogen functional groups attached to an aromatic ring is 3. The number of aliphatic hydroxyl groups is 3. The van der Waals surface area contributed by atoms with Crippen LogP contribution in [0.3, 0.4) is 0 Å². The summed E-state index contributed by atoms with van der Waals surface area (Å²) in [5.41, 5.74) is 16.6. The molecule has 6 aromatic rings. The number of esters is 2. The van der Waals surface area contributed by atoms with Crippen molar-refractivity contribution in [1.82, 2.24) is 69.2 Å². The topological polar surface area (TPSA) is 999 Å². The lowest BCUT2D eigenvalue weighted by molar-refractivity contribution is -0.142. The number of phosphoric acid groups is 9. The number of rotatable bonds is 45. The molecule has 0 aliphatic carbocycles. The fourth-order valence-electron chi connectivity index (χ4n) is 11.1. The number of phosphoric ester groups is 3. The number of H-pyrrole nitrogens is 1. The molecule has 79 heteroatoms. The quantitative estimate of drug-likeness (QED) is 0.00856. The molecule has 137 heavy (non-hydrogen) atoms. The summed E-state index contributed by atoms with van der Waals surface area (Å²) < 4.78 is 168. The van der Waals surface area contributed by atoms with Crippen molar-refractivity contribution in [2.45, 2.75) is 180 Å². The van der Waals surface area contributed by atoms with Crippen molar-refractivity contribution in [3.05, 3.63) is 29.3 Å². The van der Waals surface area contributed by atoms with Crippen molar-refractivity contribution in [2.24, 2.45) is 0 Å². The molecule has 0 spiro atoms. The first-order valence-electron chi connectivity index (χ1n) is 37.6. The maximum Gasteiger partial charge on any atom is 0.490 e. The van der Waals surface area contributed by atoms with Crippen LogP contribution in [0.25, 0.3) is 33.5 Å². The molecule has 10 rings (SSSR count). The third-order valence-corrected chi connectivity index (χ3v) is 32.1. The smallest absolute Gasteiger partial charge is 0.480 e. The Balaban J connectivity index is 0.000000396. The van der Waals surface area contributed by atoms with E-state index in [1.54, 1.807) is 0 Å². The molecule has 2 amide bonds. The lowest BCUT2D eigenvalue weighted by Crippen LogP contribution is -2.39. The van der Waals surface area contributed by atoms with Crippen molar-refractivity contribution in [2.75, 3.05) is 65.8 Å². The van der Waals surface area contributed by atoms with E-state index in [4.69, 9.17) is 85.4 Å². The monoisotopic (exact) mass is 2240 g/mol. The number of thiol groups is 2. The molecule has 17 unspecified atom stereocenters. The van der Waals surface area contributed by atoms with E-state index in [0.29, 0.717) is 60.2 Å². The van der Waals surface area contributed by atoms with Crippen molar-refractivity contribution in [3.8, 4) is 11.8 Å². The van der Waals surface area contributed by atoms with Gasteiger partial charge in [0, 0.05) is 69.6 Å². The summed E-state index contributed by atoms with van der Waals surface area (Å²) in [5, 5.41) is 53.7. The van der Waals surface area contributed by atoms with Gasteiger partial charge in [0.25, 0.3) is 17.3 Å². The Kier molecular flexibility index (Phi) is 49.2. The zero-order valence-corrected chi connectivity index (χ0v) is 81.3. The fourth-order valence-corrected chi connectivity index (χ4v) is 23.5. The third-order valence-electron chi connectivity index (χ3n) is 16.4. The van der Waals surface area contributed by atoms with E-state index in [1.807, 2.05) is 0 Å². The van der Waals surface area contributed by atoms with Gasteiger partial charge in [0.1, 0.15) is 49.1 Å². The number of anilines is 3. The van der Waals surface area contributed by atoms with Gasteiger partial charge in [0.15, 0.2) is 38.6 Å². The number of ether oxygens (including phenoxy) is 5. The number of hydrogen-bond donors (Lipinski definition) is 25. The predicted octanol–water partition coefficient (Wildman–Crippen LogP) is 2.14. The number of nitrogens with zero attached hydrogens (tertiary/aromatic N) is 11. The van der Waals surface area contributed by atoms with E-state index in [1.165, 1.54) is 79.9 Å². The van der Waals surface area contributed by atoms with Crippen LogP contribution in [0.5, 0.6) is 11.8 Å². The van der Waals surface area contributed by atoms with Crippen molar-refractivity contribution < 1.29 is 222 Å². The lowest BCUT2D eigenvalue weighted by Gasteiger charge is -2.19. The van der Waals surface area contributed by atoms with E-state index in [9.17, 15) is 119 Å². The third kappa shape index (κ3) is 43.7. The maximum absolute atomic E-state index is 12.5. The lowest BCUT2D eigenvalue weighted by atomic mass is 10.2. The minimum Gasteiger partial charge on any atom is -0.480 e. The Hall–Kier alpha value is -5.92. The number of aliphatic hydroxyl groups excluding tert-OH is 3. The molecular weight excluding hydrogens is 2140 g/mol. The highest BCUT2D eigenvalue weighted by atomic mass is 33.1. The largest absolute Gasteiger partial charge is 0.490 e. The number of fused-ring (bicyclic) bond motifs is 3. The molecule has 4 fully saturated rings. The van der Waals surface area contributed by atoms with Crippen LogP contribution in [0.4, 0.5) is 17.8 Å². The second-order valence-electron chi connectivity index (χ2n) is 27.2. The Labute approximate surface area is 794 Å². The molecule has 0 bridgehead atoms. The zero-order chi connectivity index (χ0) is 101. The molecule has 0 aromatic carbocycles. The van der Waals surface area contributed by atoms with Gasteiger partial charge in [-0.1, -0.05) is 48.2 Å². The summed E-state index contributed by atoms with van der Waals surface area (Å²) in [6, 6.07) is -1.72. The number of carboxylic acid groups (broad SMARTS) is 2. The Morgan fingerprint density at radius 2 is 0.839 bits per heavy atom. The number of carbonyl (C=O) groups is 7. The van der Waals surface area contributed by atoms with Gasteiger partial charge in [-0.05, 0) is 56.5 Å². The van der Waals surface area contributed by atoms with Crippen LogP contribution in [0, 0.1) is 0 Å². The molecular formula is C58H98N17O48P9S5. The van der Waals surface area contributed by atoms with Crippen LogP contribution >= 0.6 is 129 Å². The zero-order valence-electron chi connectivity index (χ0n) is 69.0. The molecule has 4 saturated heterocycles. The number of hydrogen-bond acceptors (Lipinski definition) is 50. The van der Waals surface area contributed by atoms with Gasteiger partial charge in [0.2, 0.25) is 29.7 Å². The highest BCUT2D eigenvalue weighted by molar-refractivity contribution is 8.76. The molecule has 4 aliphatic heterocycles. The average Bonchev–Trinajstić information content (AvgIpc) is 1.64. The number of carbonyl (C=O) groups excluding carboxylic acids is 5. The first-order chi connectivity index (χ1) is 62.5. The first-order valence-corrected chi connectivity index (χ1v) is 55.9. The molecule has 778 valence electrons. The number of aromatic amines is 1. The highest BCUT2D eigenvalue weighted by Gasteiger charge is 2.48. The summed E-state index contributed by atoms with van der Waals surface area (Å²) in [6.45, 7) is -0.0503. The SMILES string of the molecule is C.C.CC(=O)NC(CCCS)C(=O)O.CC(=O)NC(CCCSSCCCC(=O)Oc1nc(N)nc2c1ncn2C1CC(O)C(COP(=O)(O)OP(=O)(O)OP(=O)(O)O)O1)C(=O)O.Nc1nc(OC(=O)CCCS)c2ncn(C3CC(O)C(COP(=O)(O)OP(=O)(O)OP(=O)(O)O)O3)c2n1.Nc1nc2c(ncn2C2CC(O)C(COP(=O)(O)OP(=O)(O)OP(=O)(O)O)O2)c(=O)[nH]1.O=C1CCCS1. The standard InChI is InChI=1S/C21H33N6O17P3S2.C14H22N5O14P3S.C10H16N5O13P3.C7H13NO3S.C4H6OS.2CH4/c1-11(28)24-12(20(31)32)4-2-6-48-49-7-3-5-16(30)42-19-17-18(25-21(22)26-19)27(10-23-17)15-8-13(29)14(41-15)9-40-46(36,37)44-47(38,39)43-45(33,34)35;15-14-17-12-11(13(18-14)31-10(21)2-1-3-37)16-6-19(12)9-4-7(20)8(30-9)5-29-35(25,26)33-36(27,28)32-34(22,23)24;11-10-13-8-7(9(17)14-10)12-3-15(8)6-1-4(16)5(26-6)2-25-30(21,22)28-31(23,24)27-29(18,19)20;1-5(9)8-6(7(10)11)3-2-4-12;5-4-2-1-3-6-4;;/h10,12-15,29H,2-9H2,1H3,(H,24,28)(H,31,32)(H,36,37)(H,38,39)(H2,22,25,26)(H2,33,34,35);6-9,20,37H,1-5H2,(H,25,26)(H,27,28)(H2,15,17,18)(H2,22,23,24);3-6,16H,1-2H2,(H,21,22)(H,23,24)(H2,18,19,20)(H3,11,13,14,17);6,12H,2-4H2,1H3,(H,8,9)(H,10,11);1-3H2;2*1H4. The van der Waals surface area contributed by atoms with Gasteiger partial charge in [0.05, 0.1) is 57.1 Å². The maximum atomic E-state index is 12.5. The van der Waals surface area contributed by atoms with E-state index < -0.39 is 193 Å². The van der Waals surface area contributed by atoms with E-state index >= 15 is 0 Å². The first kappa shape index (κ1) is 123. The Morgan fingerprint density at radius 1 is 0.504 bits per heavy atom. The van der Waals surface area contributed by atoms with Crippen LogP contribution in [0.2, 0.25) is 0 Å². The second-order valence-corrected chi connectivity index (χ2v) is 45.2. The van der Waals surface area contributed by atoms with Crippen molar-refractivity contribution in [1.29, 1.82) is 0 Å². The molecule has 26 N–H and O–H groups in total. The number of amides is 2. The summed E-state index contributed by atoms with van der Waals surface area (Å²) in [7, 11) is -47.0. The van der Waals surface area contributed by atoms with Crippen molar-refractivity contribution in [3.63, 3.8) is 0 Å². The molecule has 0 saturated carbocycles. The van der Waals surface area contributed by atoms with Gasteiger partial charge < -0.3 is 136 Å². The number of thioether (sulfide) groups is 1. The van der Waals surface area contributed by atoms with Crippen LogP contribution in [0.15, 0.2) is 23.8 Å². The molecule has 10 heterocycles. The number of aliphatic carboxylic acids is 2. The number of aromatic nitrogens is 12. The Morgan fingerprint density at radius 3 is 1.15 bits per heavy atom. The summed E-state index contributed by atoms with van der Waals surface area (Å²) >= 11 is 9.43. The number of nitrogens with one attached hydrogen (secondary N) is 3. The Bertz CT molecular complexity index is 5660. The predicted molar refractivity (Wildman–Crippen MR) is 477 cm³/mol. The highest BCUT2D eigenvalue weighted by Crippen LogP contribution is 2.69. The van der Waals surface area contributed by atoms with Gasteiger partial charge >= 0.3 is 94.3 Å². The molecule has 0 radical (unpaired) electrons. The van der Waals surface area contributed by atoms with E-state index in [-0.39, 0.29) is 122 Å². The van der Waals surface area contributed by atoms with E-state index in [0.717, 1.165) is 18.6 Å². The number of imidazole rings is 3. The molecule has 65 nitrogen and oxygen atoms in total. The van der Waals surface area contributed by atoms with E-state index in [2.05, 4.69) is 120 Å². The fraction of sp³-hybridized carbons (Fsp3) is 0.621. The van der Waals surface area contributed by atoms with Crippen LogP contribution in [0.1, 0.15) is 131 Å². The summed E-state index contributed by atoms with van der Waals surface area (Å²) in [5.74, 6) is -1.90. The minimum atomic E-state index is -5.74. The molecule has 4 aliphatic rings. The van der Waals surface area contributed by atoms with Gasteiger partial charge in [-0.2, -0.15) is 76.0 Å². The molecule has 6 aromatic heterocycles. The summed E-state index contributed by atoms with van der Waals surface area (Å²) in [4.78, 5) is 232. The van der Waals surface area contributed by atoms with Crippen LogP contribution in [-0.2, 0) is 128 Å². The van der Waals surface area contributed by atoms with Crippen LogP contribution < -0.4 is 42.9 Å². The van der Waals surface area contributed by atoms with Crippen LogP contribution in [-0.4, -0.2) is 281 Å². The second kappa shape index (κ2) is 54.7. The summed E-state index contributed by atoms with van der Waals surface area (Å²) in [6.07, 6.45) is -2.56. The number of nitrogens with two attached hydrogens (primary N) is 3. The average molecular weight is 2240 g/mol. The number of carboxylic acids is 2. The van der Waals surface area contributed by atoms with Gasteiger partial charge in [-0.15, -0.1) is 0 Å².